The Morgan fingerprint density at radius 1 is 1.25 bits per heavy atom. The van der Waals surface area contributed by atoms with E-state index in [0.29, 0.717) is 12.7 Å². The quantitative estimate of drug-likeness (QED) is 0.0524. The van der Waals surface area contributed by atoms with E-state index >= 15 is 0 Å². The lowest BCUT2D eigenvalue weighted by atomic mass is 10.0. The molecule has 0 aromatic carbocycles. The standard InChI is InChI=1S/C16H32N3O14P3/c1-6-12(11-30-34(24)32-33-36(26,28-5)35(25)31-27-4)10-29-15(14(9-21)18-23)13(8-20)7-19(3)16(22)17-2/h7-8,12,14-15,21,34-35H,6,9-11H2,1-5H3,(H,17,22)/b13-7+/t12?,14-,15?,36?/m0/s1. The molecule has 0 aromatic rings. The third-order valence-electron chi connectivity index (χ3n) is 4.36. The van der Waals surface area contributed by atoms with Crippen molar-refractivity contribution in [3.63, 3.8) is 0 Å². The predicted octanol–water partition coefficient (Wildman–Crippen LogP) is 2.04. The third-order valence-corrected chi connectivity index (χ3v) is 8.97. The van der Waals surface area contributed by atoms with Crippen LogP contribution in [0, 0.1) is 10.8 Å². The van der Waals surface area contributed by atoms with E-state index in [1.165, 1.54) is 14.1 Å². The molecular weight excluding hydrogens is 551 g/mol. The number of nitrogens with zero attached hydrogens (tertiary/aromatic N) is 2. The van der Waals surface area contributed by atoms with Crippen LogP contribution in [-0.2, 0) is 51.2 Å². The second kappa shape index (κ2) is 18.8. The fraction of sp³-hybridized carbons (Fsp3) is 0.750. The van der Waals surface area contributed by atoms with Gasteiger partial charge in [-0.1, -0.05) is 12.1 Å². The number of carbonyl (C=O) groups excluding carboxylic acids is 2. The van der Waals surface area contributed by atoms with E-state index < -0.39 is 54.0 Å². The summed E-state index contributed by atoms with van der Waals surface area (Å²) in [6.07, 6.45) is 0.560. The predicted molar refractivity (Wildman–Crippen MR) is 125 cm³/mol. The Bertz CT molecular complexity index is 829. The van der Waals surface area contributed by atoms with Crippen molar-refractivity contribution in [2.75, 3.05) is 48.1 Å². The Kier molecular flexibility index (Phi) is 18.1. The average molecular weight is 583 g/mol. The Balaban J connectivity index is 5.21. The SMILES string of the molecule is CCC(COC(/C(C=O)=C/N(C)C(=O)NC)[C@H](CO)N=O)CO[PH](=O)OOP(=O)(OC)[PH](=O)OOC. The molecule has 0 radical (unpaired) electrons. The molecule has 0 heterocycles. The molecular formula is C16H32N3O14P3. The topological polar surface area (TPSA) is 215 Å². The maximum atomic E-state index is 12.1. The van der Waals surface area contributed by atoms with Crippen molar-refractivity contribution in [1.82, 2.24) is 10.2 Å². The number of hydrogen-bond donors (Lipinski definition) is 2. The van der Waals surface area contributed by atoms with Gasteiger partial charge in [-0.2, -0.15) is 9.58 Å². The van der Waals surface area contributed by atoms with Crippen LogP contribution in [0.5, 0.6) is 0 Å². The van der Waals surface area contributed by atoms with Crippen molar-refractivity contribution in [3.8, 4) is 0 Å². The zero-order chi connectivity index (χ0) is 27.7. The number of ether oxygens (including phenoxy) is 1. The molecule has 0 aliphatic heterocycles. The number of amides is 2. The first kappa shape index (κ1) is 34.6. The van der Waals surface area contributed by atoms with Gasteiger partial charge in [-0.3, -0.25) is 13.9 Å². The number of aliphatic hydroxyl groups is 1. The summed E-state index contributed by atoms with van der Waals surface area (Å²) < 4.78 is 63.9. The van der Waals surface area contributed by atoms with Gasteiger partial charge in [0, 0.05) is 38.9 Å². The minimum absolute atomic E-state index is 0.148. The van der Waals surface area contributed by atoms with Gasteiger partial charge in [0.25, 0.3) is 0 Å². The van der Waals surface area contributed by atoms with Gasteiger partial charge in [-0.05, 0) is 6.42 Å². The second-order valence-electron chi connectivity index (χ2n) is 6.71. The van der Waals surface area contributed by atoms with E-state index in [2.05, 4.69) is 33.9 Å². The lowest BCUT2D eigenvalue weighted by molar-refractivity contribution is -0.172. The molecule has 5 unspecified atom stereocenters. The number of rotatable bonds is 20. The van der Waals surface area contributed by atoms with Crippen LogP contribution < -0.4 is 5.32 Å². The van der Waals surface area contributed by atoms with Crippen molar-refractivity contribution >= 4 is 35.6 Å². The summed E-state index contributed by atoms with van der Waals surface area (Å²) in [5.74, 6) is -0.481. The molecule has 0 fully saturated rings. The maximum absolute atomic E-state index is 12.1. The Labute approximate surface area is 208 Å². The third kappa shape index (κ3) is 11.8. The second-order valence-corrected chi connectivity index (χ2v) is 12.6. The van der Waals surface area contributed by atoms with Gasteiger partial charge in [0.05, 0.1) is 26.9 Å². The minimum Gasteiger partial charge on any atom is -0.394 e. The number of nitroso groups, excluding NO2 is 1. The molecule has 0 aliphatic carbocycles. The van der Waals surface area contributed by atoms with Gasteiger partial charge in [0.15, 0.2) is 0 Å². The van der Waals surface area contributed by atoms with E-state index in [0.717, 1.165) is 25.3 Å². The number of urea groups is 1. The van der Waals surface area contributed by atoms with E-state index in [4.69, 9.17) is 9.26 Å². The van der Waals surface area contributed by atoms with E-state index in [9.17, 15) is 33.3 Å². The summed E-state index contributed by atoms with van der Waals surface area (Å²) >= 11 is 0. The molecule has 0 bridgehead atoms. The molecule has 2 N–H and O–H groups in total. The Morgan fingerprint density at radius 3 is 2.39 bits per heavy atom. The highest BCUT2D eigenvalue weighted by atomic mass is 32.1. The maximum Gasteiger partial charge on any atom is 0.439 e. The minimum atomic E-state index is -4.43. The summed E-state index contributed by atoms with van der Waals surface area (Å²) in [6, 6.07) is -1.92. The van der Waals surface area contributed by atoms with Crippen LogP contribution in [0.15, 0.2) is 16.9 Å². The number of aliphatic hydroxyl groups excluding tert-OH is 1. The lowest BCUT2D eigenvalue weighted by Crippen LogP contribution is -2.37. The number of hydrogen-bond acceptors (Lipinski definition) is 15. The van der Waals surface area contributed by atoms with E-state index in [1.807, 2.05) is 0 Å². The van der Waals surface area contributed by atoms with Gasteiger partial charge in [0.1, 0.15) is 18.4 Å². The zero-order valence-electron chi connectivity index (χ0n) is 20.3. The lowest BCUT2D eigenvalue weighted by Gasteiger charge is -2.25. The average Bonchev–Trinajstić information content (AvgIpc) is 2.89. The molecule has 0 saturated heterocycles. The summed E-state index contributed by atoms with van der Waals surface area (Å²) in [5, 5.41) is 14.6. The molecule has 0 aliphatic rings. The molecule has 210 valence electrons. The van der Waals surface area contributed by atoms with Crippen molar-refractivity contribution in [2.24, 2.45) is 11.1 Å². The number of aldehydes is 1. The highest BCUT2D eigenvalue weighted by Crippen LogP contribution is 2.71. The van der Waals surface area contributed by atoms with Crippen molar-refractivity contribution in [1.29, 1.82) is 0 Å². The normalized spacial score (nSPS) is 17.8. The first-order chi connectivity index (χ1) is 17.1. The Hall–Kier alpha value is -1.35. The van der Waals surface area contributed by atoms with Gasteiger partial charge in [-0.15, -0.1) is 9.35 Å². The highest BCUT2D eigenvalue weighted by Gasteiger charge is 2.36. The first-order valence-electron chi connectivity index (χ1n) is 10.2. The largest absolute Gasteiger partial charge is 0.439 e. The summed E-state index contributed by atoms with van der Waals surface area (Å²) in [5.41, 5.74) is -0.148. The fourth-order valence-electron chi connectivity index (χ4n) is 2.31. The molecule has 20 heteroatoms. The monoisotopic (exact) mass is 583 g/mol. The van der Waals surface area contributed by atoms with Crippen LogP contribution in [0.2, 0.25) is 0 Å². The van der Waals surface area contributed by atoms with Crippen molar-refractivity contribution in [2.45, 2.75) is 25.5 Å². The molecule has 0 rings (SSSR count). The zero-order valence-corrected chi connectivity index (χ0v) is 23.2. The van der Waals surface area contributed by atoms with Crippen LogP contribution in [0.3, 0.4) is 0 Å². The van der Waals surface area contributed by atoms with Crippen molar-refractivity contribution < 1.29 is 61.1 Å². The number of carbonyl (C=O) groups is 2. The summed E-state index contributed by atoms with van der Waals surface area (Å²) in [7, 11) is -6.74. The Morgan fingerprint density at radius 2 is 1.92 bits per heavy atom. The van der Waals surface area contributed by atoms with E-state index in [1.54, 1.807) is 6.92 Å². The molecule has 2 amide bonds. The van der Waals surface area contributed by atoms with Crippen LogP contribution in [0.25, 0.3) is 0 Å². The van der Waals surface area contributed by atoms with Crippen molar-refractivity contribution in [3.05, 3.63) is 16.7 Å². The number of nitrogens with one attached hydrogen (secondary N) is 1. The van der Waals surface area contributed by atoms with Crippen LogP contribution in [0.4, 0.5) is 4.79 Å². The summed E-state index contributed by atoms with van der Waals surface area (Å²) in [4.78, 5) is 39.7. The highest BCUT2D eigenvalue weighted by molar-refractivity contribution is 8.21. The molecule has 36 heavy (non-hydrogen) atoms. The smallest absolute Gasteiger partial charge is 0.394 e. The molecule has 17 nitrogen and oxygen atoms in total. The van der Waals surface area contributed by atoms with Crippen LogP contribution in [-0.4, -0.2) is 82.6 Å². The van der Waals surface area contributed by atoms with Gasteiger partial charge in [-0.25, -0.2) is 14.2 Å². The van der Waals surface area contributed by atoms with Gasteiger partial charge >= 0.3 is 29.3 Å². The fourth-order valence-corrected chi connectivity index (χ4v) is 5.33. The van der Waals surface area contributed by atoms with Crippen LogP contribution in [0.1, 0.15) is 13.3 Å². The van der Waals surface area contributed by atoms with Gasteiger partial charge < -0.3 is 29.1 Å². The molecule has 0 aromatic heterocycles. The molecule has 6 atom stereocenters. The van der Waals surface area contributed by atoms with Gasteiger partial charge in [0.2, 0.25) is 0 Å². The molecule has 0 spiro atoms. The molecule has 0 saturated carbocycles. The first-order valence-corrected chi connectivity index (χ1v) is 15.1. The van der Waals surface area contributed by atoms with E-state index in [-0.39, 0.29) is 18.8 Å². The summed E-state index contributed by atoms with van der Waals surface area (Å²) in [6.45, 7) is 0.572. The van der Waals surface area contributed by atoms with Crippen LogP contribution >= 0.6 is 23.3 Å².